The van der Waals surface area contributed by atoms with E-state index in [0.717, 1.165) is 37.3 Å². The van der Waals surface area contributed by atoms with Crippen molar-refractivity contribution in [3.63, 3.8) is 0 Å². The van der Waals surface area contributed by atoms with Gasteiger partial charge in [-0.1, -0.05) is 12.1 Å². The Balaban J connectivity index is 2.43. The van der Waals surface area contributed by atoms with Gasteiger partial charge in [0.05, 0.1) is 22.4 Å². The lowest BCUT2D eigenvalue weighted by molar-refractivity contribution is -0.138. The van der Waals surface area contributed by atoms with Crippen LogP contribution in [0.15, 0.2) is 42.5 Å². The largest absolute Gasteiger partial charge is 0.418 e. The van der Waals surface area contributed by atoms with E-state index in [2.05, 4.69) is 5.32 Å². The number of halogens is 6. The van der Waals surface area contributed by atoms with Crippen LogP contribution in [0.5, 0.6) is 0 Å². The van der Waals surface area contributed by atoms with E-state index in [-0.39, 0.29) is 5.69 Å². The number of nitrogens with one attached hydrogen (secondary N) is 2. The molecule has 0 radical (unpaired) electrons. The van der Waals surface area contributed by atoms with Crippen molar-refractivity contribution in [1.29, 1.82) is 0 Å². The van der Waals surface area contributed by atoms with Crippen molar-refractivity contribution < 1.29 is 35.9 Å². The van der Waals surface area contributed by atoms with Gasteiger partial charge in [0.1, 0.15) is 0 Å². The summed E-state index contributed by atoms with van der Waals surface area (Å²) in [5, 5.41) is 4.01. The third-order valence-electron chi connectivity index (χ3n) is 3.37. The molecule has 0 saturated carbocycles. The molecule has 0 unspecified atom stereocenters. The van der Waals surface area contributed by atoms with E-state index in [4.69, 9.17) is 0 Å². The quantitative estimate of drug-likeness (QED) is 0.730. The summed E-state index contributed by atoms with van der Waals surface area (Å²) in [6, 6.07) is 6.24. The first kappa shape index (κ1) is 20.3. The minimum absolute atomic E-state index is 0.177. The maximum absolute atomic E-state index is 13.2. The Labute approximate surface area is 149 Å². The van der Waals surface area contributed by atoms with Gasteiger partial charge in [0, 0.05) is 12.6 Å². The van der Waals surface area contributed by atoms with E-state index in [1.54, 1.807) is 0 Å². The lowest BCUT2D eigenvalue weighted by atomic mass is 10.1. The van der Waals surface area contributed by atoms with Gasteiger partial charge in [-0.15, -0.1) is 0 Å². The third kappa shape index (κ3) is 4.99. The van der Waals surface area contributed by atoms with E-state index in [1.807, 2.05) is 5.32 Å². The van der Waals surface area contributed by atoms with Crippen LogP contribution in [-0.4, -0.2) is 11.8 Å². The maximum atomic E-state index is 13.2. The summed E-state index contributed by atoms with van der Waals surface area (Å²) in [7, 11) is 0. The highest BCUT2D eigenvalue weighted by Crippen LogP contribution is 2.37. The van der Waals surface area contributed by atoms with Crippen molar-refractivity contribution in [3.8, 4) is 0 Å². The molecule has 2 aromatic carbocycles. The number of benzene rings is 2. The standard InChI is InChI=1S/C17H12F6N2O2/c1-9(26)24-10-6-7-14(13(8-10)17(21,22)23)25-15(27)11-4-2-3-5-12(11)16(18,19)20/h2-8H,1H3,(H,24,26)(H,25,27). The summed E-state index contributed by atoms with van der Waals surface area (Å²) in [5.74, 6) is -1.96. The molecular weight excluding hydrogens is 378 g/mol. The molecule has 4 nitrogen and oxygen atoms in total. The molecule has 0 spiro atoms. The van der Waals surface area contributed by atoms with Crippen LogP contribution in [-0.2, 0) is 17.1 Å². The van der Waals surface area contributed by atoms with Crippen LogP contribution in [0.1, 0.15) is 28.4 Å². The molecule has 0 aliphatic heterocycles. The first-order valence-electron chi connectivity index (χ1n) is 7.36. The Morgan fingerprint density at radius 1 is 0.815 bits per heavy atom. The molecule has 0 atom stereocenters. The Morgan fingerprint density at radius 2 is 1.41 bits per heavy atom. The van der Waals surface area contributed by atoms with Crippen LogP contribution < -0.4 is 10.6 Å². The fourth-order valence-electron chi connectivity index (χ4n) is 2.29. The zero-order valence-electron chi connectivity index (χ0n) is 13.6. The highest BCUT2D eigenvalue weighted by Gasteiger charge is 2.37. The predicted octanol–water partition coefficient (Wildman–Crippen LogP) is 4.93. The summed E-state index contributed by atoms with van der Waals surface area (Å²) in [5.41, 5.74) is -4.32. The van der Waals surface area contributed by atoms with Crippen LogP contribution in [0.3, 0.4) is 0 Å². The lowest BCUT2D eigenvalue weighted by Gasteiger charge is -2.17. The van der Waals surface area contributed by atoms with E-state index in [9.17, 15) is 35.9 Å². The second-order valence-corrected chi connectivity index (χ2v) is 5.44. The van der Waals surface area contributed by atoms with Gasteiger partial charge >= 0.3 is 12.4 Å². The summed E-state index contributed by atoms with van der Waals surface area (Å²) >= 11 is 0. The Kier molecular flexibility index (Phi) is 5.48. The molecule has 2 aromatic rings. The molecule has 27 heavy (non-hydrogen) atoms. The smallest absolute Gasteiger partial charge is 0.326 e. The third-order valence-corrected chi connectivity index (χ3v) is 3.37. The van der Waals surface area contributed by atoms with Crippen LogP contribution in [0, 0.1) is 0 Å². The zero-order valence-corrected chi connectivity index (χ0v) is 13.6. The zero-order chi connectivity index (χ0) is 20.4. The number of carbonyl (C=O) groups excluding carboxylic acids is 2. The molecule has 2 amide bonds. The number of hydrogen-bond donors (Lipinski definition) is 2. The number of hydrogen-bond acceptors (Lipinski definition) is 2. The predicted molar refractivity (Wildman–Crippen MR) is 85.1 cm³/mol. The van der Waals surface area contributed by atoms with E-state index in [0.29, 0.717) is 12.1 Å². The summed E-state index contributed by atoms with van der Waals surface area (Å²) in [4.78, 5) is 23.2. The minimum Gasteiger partial charge on any atom is -0.326 e. The molecule has 144 valence electrons. The van der Waals surface area contributed by atoms with Crippen LogP contribution in [0.4, 0.5) is 37.7 Å². The SMILES string of the molecule is CC(=O)Nc1ccc(NC(=O)c2ccccc2C(F)(F)F)c(C(F)(F)F)c1. The van der Waals surface area contributed by atoms with E-state index >= 15 is 0 Å². The van der Waals surface area contributed by atoms with Gasteiger partial charge in [0.2, 0.25) is 5.91 Å². The highest BCUT2D eigenvalue weighted by atomic mass is 19.4. The van der Waals surface area contributed by atoms with Gasteiger partial charge < -0.3 is 10.6 Å². The molecule has 0 aliphatic carbocycles. The fourth-order valence-corrected chi connectivity index (χ4v) is 2.29. The average Bonchev–Trinajstić information content (AvgIpc) is 2.54. The molecule has 2 rings (SSSR count). The van der Waals surface area contributed by atoms with Crippen molar-refractivity contribution >= 4 is 23.2 Å². The topological polar surface area (TPSA) is 58.2 Å². The first-order valence-corrected chi connectivity index (χ1v) is 7.36. The fraction of sp³-hybridized carbons (Fsp3) is 0.176. The molecule has 10 heteroatoms. The monoisotopic (exact) mass is 390 g/mol. The summed E-state index contributed by atoms with van der Waals surface area (Å²) in [6.45, 7) is 1.09. The number of anilines is 2. The van der Waals surface area contributed by atoms with Crippen molar-refractivity contribution in [2.75, 3.05) is 10.6 Å². The van der Waals surface area contributed by atoms with Gasteiger partial charge in [0.25, 0.3) is 5.91 Å². The molecule has 0 saturated heterocycles. The minimum atomic E-state index is -4.92. The van der Waals surface area contributed by atoms with Gasteiger partial charge in [0.15, 0.2) is 0 Å². The number of alkyl halides is 6. The highest BCUT2D eigenvalue weighted by molar-refractivity contribution is 6.06. The van der Waals surface area contributed by atoms with Gasteiger partial charge in [-0.2, -0.15) is 26.3 Å². The molecular formula is C17H12F6N2O2. The number of amides is 2. The lowest BCUT2D eigenvalue weighted by Crippen LogP contribution is -2.21. The summed E-state index contributed by atoms with van der Waals surface area (Å²) < 4.78 is 78.7. The van der Waals surface area contributed by atoms with E-state index < -0.39 is 46.5 Å². The molecule has 0 aliphatic rings. The Bertz CT molecular complexity index is 874. The second-order valence-electron chi connectivity index (χ2n) is 5.44. The number of rotatable bonds is 3. The Morgan fingerprint density at radius 3 is 1.96 bits per heavy atom. The Hall–Kier alpha value is -3.04. The molecule has 2 N–H and O–H groups in total. The van der Waals surface area contributed by atoms with Crippen LogP contribution in [0.2, 0.25) is 0 Å². The van der Waals surface area contributed by atoms with Gasteiger partial charge in [-0.05, 0) is 30.3 Å². The van der Waals surface area contributed by atoms with Gasteiger partial charge in [-0.3, -0.25) is 9.59 Å². The molecule has 0 aromatic heterocycles. The van der Waals surface area contributed by atoms with Crippen LogP contribution in [0.25, 0.3) is 0 Å². The van der Waals surface area contributed by atoms with Crippen molar-refractivity contribution in [2.24, 2.45) is 0 Å². The van der Waals surface area contributed by atoms with Crippen molar-refractivity contribution in [1.82, 2.24) is 0 Å². The van der Waals surface area contributed by atoms with Crippen molar-refractivity contribution in [2.45, 2.75) is 19.3 Å². The summed E-state index contributed by atoms with van der Waals surface area (Å²) in [6.07, 6.45) is -9.77. The van der Waals surface area contributed by atoms with E-state index in [1.165, 1.54) is 0 Å². The first-order chi connectivity index (χ1) is 12.4. The average molecular weight is 390 g/mol. The van der Waals surface area contributed by atoms with Gasteiger partial charge in [-0.25, -0.2) is 0 Å². The molecule has 0 heterocycles. The normalized spacial score (nSPS) is 11.8. The maximum Gasteiger partial charge on any atom is 0.418 e. The molecule has 0 fully saturated rings. The molecule has 0 bridgehead atoms. The number of carbonyl (C=O) groups is 2. The van der Waals surface area contributed by atoms with Crippen molar-refractivity contribution in [3.05, 3.63) is 59.2 Å². The van der Waals surface area contributed by atoms with Crippen LogP contribution >= 0.6 is 0 Å². The second kappa shape index (κ2) is 7.29.